The number of imide groups is 1. The fourth-order valence-corrected chi connectivity index (χ4v) is 3.79. The van der Waals surface area contributed by atoms with E-state index >= 15 is 0 Å². The minimum Gasteiger partial charge on any atom is -0.462 e. The zero-order chi connectivity index (χ0) is 21.9. The van der Waals surface area contributed by atoms with Gasteiger partial charge in [0.25, 0.3) is 5.91 Å². The maximum atomic E-state index is 12.9. The quantitative estimate of drug-likeness (QED) is 0.538. The van der Waals surface area contributed by atoms with Crippen molar-refractivity contribution in [3.8, 4) is 6.07 Å². The fraction of sp³-hybridized carbons (Fsp3) is 0.250. The molecule has 10 heteroatoms. The van der Waals surface area contributed by atoms with Crippen molar-refractivity contribution in [2.75, 3.05) is 18.5 Å². The highest BCUT2D eigenvalue weighted by Crippen LogP contribution is 2.29. The van der Waals surface area contributed by atoms with E-state index in [0.29, 0.717) is 11.1 Å². The molecule has 2 aromatic rings. The first-order valence-electron chi connectivity index (χ1n) is 8.99. The third kappa shape index (κ3) is 3.88. The van der Waals surface area contributed by atoms with Gasteiger partial charge in [0, 0.05) is 0 Å². The molecule has 30 heavy (non-hydrogen) atoms. The lowest BCUT2D eigenvalue weighted by Crippen LogP contribution is -2.42. The SMILES string of the molecule is CCOC(=O)c1ccsc1NC(=O)CN1C(=O)N[C@](C)(c2ccc(C#N)cc2)C1=O. The number of nitrogens with one attached hydrogen (secondary N) is 2. The molecule has 1 atom stereocenters. The van der Waals surface area contributed by atoms with Crippen LogP contribution in [0.25, 0.3) is 0 Å². The number of hydrogen-bond donors (Lipinski definition) is 2. The van der Waals surface area contributed by atoms with Crippen molar-refractivity contribution in [2.24, 2.45) is 0 Å². The van der Waals surface area contributed by atoms with Gasteiger partial charge in [0.15, 0.2) is 0 Å². The van der Waals surface area contributed by atoms with Crippen LogP contribution in [0.1, 0.15) is 35.3 Å². The van der Waals surface area contributed by atoms with Crippen molar-refractivity contribution < 1.29 is 23.9 Å². The largest absolute Gasteiger partial charge is 0.462 e. The monoisotopic (exact) mass is 426 g/mol. The Hall–Kier alpha value is -3.71. The molecule has 1 fully saturated rings. The third-order valence-electron chi connectivity index (χ3n) is 4.58. The van der Waals surface area contributed by atoms with E-state index in [0.717, 1.165) is 16.2 Å². The lowest BCUT2D eigenvalue weighted by Gasteiger charge is -2.22. The molecule has 0 bridgehead atoms. The predicted molar refractivity (Wildman–Crippen MR) is 108 cm³/mol. The molecular weight excluding hydrogens is 408 g/mol. The van der Waals surface area contributed by atoms with Crippen LogP contribution in [0, 0.1) is 11.3 Å². The van der Waals surface area contributed by atoms with E-state index in [2.05, 4.69) is 10.6 Å². The zero-order valence-corrected chi connectivity index (χ0v) is 17.0. The highest BCUT2D eigenvalue weighted by atomic mass is 32.1. The minimum atomic E-state index is -1.36. The Balaban J connectivity index is 1.73. The molecule has 2 heterocycles. The summed E-state index contributed by atoms with van der Waals surface area (Å²) in [6, 6.07) is 9.05. The molecule has 4 amide bonds. The Labute approximate surface area is 176 Å². The van der Waals surface area contributed by atoms with Crippen LogP contribution in [-0.2, 0) is 19.9 Å². The van der Waals surface area contributed by atoms with Crippen LogP contribution in [0.5, 0.6) is 0 Å². The number of hydrogen-bond acceptors (Lipinski definition) is 7. The summed E-state index contributed by atoms with van der Waals surface area (Å²) >= 11 is 1.13. The molecule has 1 saturated heterocycles. The summed E-state index contributed by atoms with van der Waals surface area (Å²) in [5.74, 6) is -1.79. The first-order valence-corrected chi connectivity index (χ1v) is 9.87. The molecule has 1 aliphatic heterocycles. The molecule has 0 radical (unpaired) electrons. The summed E-state index contributed by atoms with van der Waals surface area (Å²) in [5.41, 5.74) is -0.242. The molecule has 2 N–H and O–H groups in total. The van der Waals surface area contributed by atoms with Crippen LogP contribution in [0.15, 0.2) is 35.7 Å². The van der Waals surface area contributed by atoms with Crippen LogP contribution in [-0.4, -0.2) is 41.9 Å². The van der Waals surface area contributed by atoms with E-state index in [9.17, 15) is 19.2 Å². The number of esters is 1. The van der Waals surface area contributed by atoms with E-state index in [4.69, 9.17) is 10.00 Å². The van der Waals surface area contributed by atoms with Crippen molar-refractivity contribution in [1.82, 2.24) is 10.2 Å². The van der Waals surface area contributed by atoms with E-state index < -0.39 is 35.9 Å². The van der Waals surface area contributed by atoms with E-state index in [1.807, 2.05) is 6.07 Å². The van der Waals surface area contributed by atoms with Crippen molar-refractivity contribution in [2.45, 2.75) is 19.4 Å². The maximum absolute atomic E-state index is 12.9. The highest BCUT2D eigenvalue weighted by Gasteiger charge is 2.49. The van der Waals surface area contributed by atoms with Gasteiger partial charge in [-0.05, 0) is 43.0 Å². The topological polar surface area (TPSA) is 129 Å². The summed E-state index contributed by atoms with van der Waals surface area (Å²) in [7, 11) is 0. The number of anilines is 1. The number of rotatable bonds is 6. The normalized spacial score (nSPS) is 18.0. The van der Waals surface area contributed by atoms with Crippen molar-refractivity contribution in [3.63, 3.8) is 0 Å². The van der Waals surface area contributed by atoms with Gasteiger partial charge in [-0.1, -0.05) is 12.1 Å². The Morgan fingerprint density at radius 2 is 1.97 bits per heavy atom. The van der Waals surface area contributed by atoms with Gasteiger partial charge in [-0.3, -0.25) is 14.5 Å². The van der Waals surface area contributed by atoms with E-state index in [1.54, 1.807) is 36.6 Å². The van der Waals surface area contributed by atoms with Gasteiger partial charge in [-0.2, -0.15) is 5.26 Å². The molecule has 0 aliphatic carbocycles. The number of thiophene rings is 1. The molecule has 1 aromatic carbocycles. The van der Waals surface area contributed by atoms with Crippen LogP contribution >= 0.6 is 11.3 Å². The highest BCUT2D eigenvalue weighted by molar-refractivity contribution is 7.14. The smallest absolute Gasteiger partial charge is 0.341 e. The molecule has 0 unspecified atom stereocenters. The summed E-state index contributed by atoms with van der Waals surface area (Å²) in [4.78, 5) is 50.5. The molecule has 154 valence electrons. The summed E-state index contributed by atoms with van der Waals surface area (Å²) in [6.45, 7) is 2.88. The molecule has 1 aromatic heterocycles. The van der Waals surface area contributed by atoms with Gasteiger partial charge in [0.1, 0.15) is 17.1 Å². The van der Waals surface area contributed by atoms with Crippen LogP contribution in [0.4, 0.5) is 9.80 Å². The van der Waals surface area contributed by atoms with E-state index in [-0.39, 0.29) is 17.2 Å². The van der Waals surface area contributed by atoms with Gasteiger partial charge >= 0.3 is 12.0 Å². The van der Waals surface area contributed by atoms with Crippen molar-refractivity contribution in [1.29, 1.82) is 5.26 Å². The predicted octanol–water partition coefficient (Wildman–Crippen LogP) is 2.20. The number of benzene rings is 1. The fourth-order valence-electron chi connectivity index (χ4n) is 3.00. The van der Waals surface area contributed by atoms with Crippen molar-refractivity contribution >= 4 is 40.2 Å². The van der Waals surface area contributed by atoms with E-state index in [1.165, 1.54) is 13.0 Å². The Morgan fingerprint density at radius 1 is 1.27 bits per heavy atom. The van der Waals surface area contributed by atoms with Gasteiger partial charge in [-0.15, -0.1) is 11.3 Å². The Kier molecular flexibility index (Phi) is 5.84. The second-order valence-electron chi connectivity index (χ2n) is 6.57. The van der Waals surface area contributed by atoms with Crippen LogP contribution in [0.2, 0.25) is 0 Å². The number of nitriles is 1. The molecular formula is C20H18N4O5S. The molecule has 1 aliphatic rings. The van der Waals surface area contributed by atoms with Gasteiger partial charge in [0.05, 0.1) is 23.8 Å². The third-order valence-corrected chi connectivity index (χ3v) is 5.41. The second kappa shape index (κ2) is 8.34. The molecule has 0 saturated carbocycles. The Bertz CT molecular complexity index is 1060. The first-order chi connectivity index (χ1) is 14.3. The average molecular weight is 426 g/mol. The maximum Gasteiger partial charge on any atom is 0.341 e. The van der Waals surface area contributed by atoms with Crippen LogP contribution < -0.4 is 10.6 Å². The lowest BCUT2D eigenvalue weighted by atomic mass is 9.91. The molecule has 3 rings (SSSR count). The summed E-state index contributed by atoms with van der Waals surface area (Å²) in [5, 5.41) is 16.0. The molecule has 0 spiro atoms. The number of nitrogens with zero attached hydrogens (tertiary/aromatic N) is 2. The number of amides is 4. The van der Waals surface area contributed by atoms with Gasteiger partial charge in [-0.25, -0.2) is 9.59 Å². The number of ether oxygens (including phenoxy) is 1. The first kappa shape index (κ1) is 21.0. The van der Waals surface area contributed by atoms with Crippen LogP contribution in [0.3, 0.4) is 0 Å². The zero-order valence-electron chi connectivity index (χ0n) is 16.2. The van der Waals surface area contributed by atoms with Gasteiger partial charge < -0.3 is 15.4 Å². The Morgan fingerprint density at radius 3 is 2.60 bits per heavy atom. The second-order valence-corrected chi connectivity index (χ2v) is 7.48. The molecule has 9 nitrogen and oxygen atoms in total. The average Bonchev–Trinajstić information content (AvgIpc) is 3.27. The minimum absolute atomic E-state index is 0.193. The van der Waals surface area contributed by atoms with Crippen molar-refractivity contribution in [3.05, 3.63) is 52.4 Å². The summed E-state index contributed by atoms with van der Waals surface area (Å²) < 4.78 is 4.94. The number of carbonyl (C=O) groups excluding carboxylic acids is 4. The standard InChI is InChI=1S/C20H18N4O5S/c1-3-29-17(26)14-8-9-30-16(14)22-15(25)11-24-18(27)20(2,23-19(24)28)13-6-4-12(10-21)5-7-13/h4-9H,3,11H2,1-2H3,(H,22,25)(H,23,28)/t20-/m1/s1. The summed E-state index contributed by atoms with van der Waals surface area (Å²) in [6.07, 6.45) is 0. The lowest BCUT2D eigenvalue weighted by molar-refractivity contribution is -0.133. The van der Waals surface area contributed by atoms with Gasteiger partial charge in [0.2, 0.25) is 5.91 Å². The number of carbonyl (C=O) groups is 4. The number of urea groups is 1.